The normalized spacial score (nSPS) is 20.2. The van der Waals surface area contributed by atoms with Gasteiger partial charge in [0.2, 0.25) is 0 Å². The molecule has 1 aromatic rings. The monoisotopic (exact) mass is 248 g/mol. The number of aliphatic hydroxyl groups is 1. The van der Waals surface area contributed by atoms with E-state index < -0.39 is 5.60 Å². The van der Waals surface area contributed by atoms with Gasteiger partial charge in [-0.2, -0.15) is 0 Å². The van der Waals surface area contributed by atoms with Crippen molar-refractivity contribution in [2.24, 2.45) is 0 Å². The molecule has 0 unspecified atom stereocenters. The Bertz CT molecular complexity index is 377. The molecule has 1 fully saturated rings. The zero-order valence-electron chi connectivity index (χ0n) is 10.4. The van der Waals surface area contributed by atoms with Crippen LogP contribution in [-0.4, -0.2) is 17.0 Å². The Morgan fingerprint density at radius 1 is 1.18 bits per heavy atom. The second-order valence-electron chi connectivity index (χ2n) is 4.73. The van der Waals surface area contributed by atoms with Crippen LogP contribution in [0.5, 0.6) is 0 Å². The van der Waals surface area contributed by atoms with Crippen LogP contribution in [0.3, 0.4) is 0 Å². The van der Waals surface area contributed by atoms with Gasteiger partial charge in [0.25, 0.3) is 0 Å². The third kappa shape index (κ3) is 2.93. The highest BCUT2D eigenvalue weighted by Crippen LogP contribution is 2.40. The molecule has 1 nitrogen and oxygen atoms in total. The maximum Gasteiger partial charge on any atom is 0.0907 e. The maximum absolute atomic E-state index is 10.8. The van der Waals surface area contributed by atoms with Gasteiger partial charge < -0.3 is 5.11 Å². The zero-order valence-corrected chi connectivity index (χ0v) is 11.2. The minimum Gasteiger partial charge on any atom is -0.385 e. The molecular weight excluding hydrogens is 228 g/mol. The first kappa shape index (κ1) is 12.7. The van der Waals surface area contributed by atoms with Crippen molar-refractivity contribution in [1.29, 1.82) is 0 Å². The smallest absolute Gasteiger partial charge is 0.0907 e. The van der Waals surface area contributed by atoms with Crippen LogP contribution in [0.1, 0.15) is 37.7 Å². The van der Waals surface area contributed by atoms with E-state index in [2.05, 4.69) is 23.8 Å². The molecule has 17 heavy (non-hydrogen) atoms. The Balaban J connectivity index is 2.32. The zero-order chi connectivity index (χ0) is 12.1. The lowest BCUT2D eigenvalue weighted by atomic mass is 9.77. The molecule has 0 saturated heterocycles. The van der Waals surface area contributed by atoms with Crippen LogP contribution in [-0.2, 0) is 0 Å². The van der Waals surface area contributed by atoms with Crippen LogP contribution in [0.2, 0.25) is 0 Å². The van der Waals surface area contributed by atoms with Crippen LogP contribution < -0.4 is 0 Å². The third-order valence-corrected chi connectivity index (χ3v) is 3.97. The minimum atomic E-state index is -0.609. The predicted octanol–water partition coefficient (Wildman–Crippen LogP) is 4.09. The molecule has 0 amide bonds. The summed E-state index contributed by atoms with van der Waals surface area (Å²) in [6, 6.07) is 10.3. The molecule has 0 bridgehead atoms. The van der Waals surface area contributed by atoms with Crippen LogP contribution in [0, 0.1) is 0 Å². The van der Waals surface area contributed by atoms with E-state index >= 15 is 0 Å². The fourth-order valence-electron chi connectivity index (χ4n) is 2.59. The Kier molecular flexibility index (Phi) is 4.30. The topological polar surface area (TPSA) is 20.2 Å². The first-order valence-electron chi connectivity index (χ1n) is 6.27. The quantitative estimate of drug-likeness (QED) is 0.869. The van der Waals surface area contributed by atoms with Gasteiger partial charge in [-0.15, -0.1) is 11.8 Å². The molecule has 1 saturated carbocycles. The van der Waals surface area contributed by atoms with Gasteiger partial charge in [-0.1, -0.05) is 49.6 Å². The van der Waals surface area contributed by atoms with Gasteiger partial charge >= 0.3 is 0 Å². The summed E-state index contributed by atoms with van der Waals surface area (Å²) in [6.45, 7) is 0. The second kappa shape index (κ2) is 5.74. The molecule has 0 radical (unpaired) electrons. The highest BCUT2D eigenvalue weighted by Gasteiger charge is 2.33. The lowest BCUT2D eigenvalue weighted by Gasteiger charge is -2.34. The standard InChI is InChI=1S/C15H20OS/c1-17-12-14(13-8-4-2-5-9-13)15(16)10-6-3-7-11-15/h2,4-5,8-9,12,16H,3,6-7,10-11H2,1H3/b14-12+. The first-order chi connectivity index (χ1) is 8.26. The molecule has 2 heteroatoms. The molecule has 2 rings (SSSR count). The van der Waals surface area contributed by atoms with E-state index in [0.717, 1.165) is 36.8 Å². The Morgan fingerprint density at radius 3 is 2.41 bits per heavy atom. The highest BCUT2D eigenvalue weighted by molar-refractivity contribution is 8.01. The van der Waals surface area contributed by atoms with Gasteiger partial charge in [0.05, 0.1) is 5.60 Å². The number of thioether (sulfide) groups is 1. The molecule has 1 N–H and O–H groups in total. The summed E-state index contributed by atoms with van der Waals surface area (Å²) in [4.78, 5) is 0. The number of benzene rings is 1. The summed E-state index contributed by atoms with van der Waals surface area (Å²) in [5.41, 5.74) is 1.65. The molecule has 1 aliphatic rings. The predicted molar refractivity (Wildman–Crippen MR) is 76.0 cm³/mol. The lowest BCUT2D eigenvalue weighted by Crippen LogP contribution is -2.32. The molecule has 0 aromatic heterocycles. The van der Waals surface area contributed by atoms with Crippen LogP contribution >= 0.6 is 11.8 Å². The SMILES string of the molecule is CS/C=C(\c1ccccc1)C1(O)CCCCC1. The van der Waals surface area contributed by atoms with Crippen LogP contribution in [0.25, 0.3) is 5.57 Å². The van der Waals surface area contributed by atoms with Gasteiger partial charge in [-0.3, -0.25) is 0 Å². The van der Waals surface area contributed by atoms with Gasteiger partial charge in [0.15, 0.2) is 0 Å². The molecule has 0 heterocycles. The average molecular weight is 248 g/mol. The summed E-state index contributed by atoms with van der Waals surface area (Å²) < 4.78 is 0. The third-order valence-electron chi connectivity index (χ3n) is 3.50. The van der Waals surface area contributed by atoms with Crippen molar-refractivity contribution in [3.05, 3.63) is 41.3 Å². The van der Waals surface area contributed by atoms with Crippen molar-refractivity contribution in [3.8, 4) is 0 Å². The van der Waals surface area contributed by atoms with E-state index in [4.69, 9.17) is 0 Å². The van der Waals surface area contributed by atoms with E-state index in [1.165, 1.54) is 6.42 Å². The Hall–Kier alpha value is -0.730. The van der Waals surface area contributed by atoms with Gasteiger partial charge in [-0.05, 0) is 35.6 Å². The van der Waals surface area contributed by atoms with Crippen molar-refractivity contribution in [1.82, 2.24) is 0 Å². The van der Waals surface area contributed by atoms with E-state index in [9.17, 15) is 5.11 Å². The Morgan fingerprint density at radius 2 is 1.82 bits per heavy atom. The summed E-state index contributed by atoms with van der Waals surface area (Å²) >= 11 is 1.67. The van der Waals surface area contributed by atoms with Crippen molar-refractivity contribution in [2.75, 3.05) is 6.26 Å². The molecule has 0 aliphatic heterocycles. The number of rotatable bonds is 3. The Labute approximate surface area is 108 Å². The van der Waals surface area contributed by atoms with Gasteiger partial charge in [0, 0.05) is 0 Å². The fourth-order valence-corrected chi connectivity index (χ4v) is 3.18. The van der Waals surface area contributed by atoms with Crippen molar-refractivity contribution in [3.63, 3.8) is 0 Å². The van der Waals surface area contributed by atoms with Crippen molar-refractivity contribution >= 4 is 17.3 Å². The number of hydrogen-bond donors (Lipinski definition) is 1. The van der Waals surface area contributed by atoms with Gasteiger partial charge in [-0.25, -0.2) is 0 Å². The van der Waals surface area contributed by atoms with Crippen LogP contribution in [0.15, 0.2) is 35.7 Å². The van der Waals surface area contributed by atoms with E-state index in [0.29, 0.717) is 0 Å². The molecule has 1 aromatic carbocycles. The van der Waals surface area contributed by atoms with Crippen molar-refractivity contribution < 1.29 is 5.11 Å². The average Bonchev–Trinajstić information content (AvgIpc) is 2.38. The van der Waals surface area contributed by atoms with Gasteiger partial charge in [0.1, 0.15) is 0 Å². The summed E-state index contributed by atoms with van der Waals surface area (Å²) in [6.07, 6.45) is 7.37. The molecule has 0 atom stereocenters. The maximum atomic E-state index is 10.8. The lowest BCUT2D eigenvalue weighted by molar-refractivity contribution is 0.0615. The van der Waals surface area contributed by atoms with E-state index in [1.54, 1.807) is 11.8 Å². The molecular formula is C15H20OS. The summed E-state index contributed by atoms with van der Waals surface area (Å²) in [7, 11) is 0. The number of hydrogen-bond acceptors (Lipinski definition) is 2. The summed E-state index contributed by atoms with van der Waals surface area (Å²) in [5, 5.41) is 12.9. The molecule has 92 valence electrons. The fraction of sp³-hybridized carbons (Fsp3) is 0.467. The van der Waals surface area contributed by atoms with Crippen LogP contribution in [0.4, 0.5) is 0 Å². The highest BCUT2D eigenvalue weighted by atomic mass is 32.2. The minimum absolute atomic E-state index is 0.609. The molecule has 0 spiro atoms. The first-order valence-corrected chi connectivity index (χ1v) is 7.56. The molecule has 1 aliphatic carbocycles. The second-order valence-corrected chi connectivity index (χ2v) is 5.43. The largest absolute Gasteiger partial charge is 0.385 e. The van der Waals surface area contributed by atoms with Crippen molar-refractivity contribution in [2.45, 2.75) is 37.7 Å². The van der Waals surface area contributed by atoms with E-state index in [-0.39, 0.29) is 0 Å². The summed E-state index contributed by atoms with van der Waals surface area (Å²) in [5.74, 6) is 0. The van der Waals surface area contributed by atoms with E-state index in [1.807, 2.05) is 18.2 Å².